The average Bonchev–Trinajstić information content (AvgIpc) is 3.58. The van der Waals surface area contributed by atoms with Crippen molar-refractivity contribution >= 4 is 17.3 Å². The molecule has 38 heavy (non-hydrogen) atoms. The van der Waals surface area contributed by atoms with E-state index in [1.54, 1.807) is 23.1 Å². The van der Waals surface area contributed by atoms with Gasteiger partial charge >= 0.3 is 0 Å². The van der Waals surface area contributed by atoms with Crippen LogP contribution in [0.4, 0.5) is 11.4 Å². The molecule has 0 aliphatic carbocycles. The van der Waals surface area contributed by atoms with E-state index in [4.69, 9.17) is 0 Å². The van der Waals surface area contributed by atoms with Crippen LogP contribution in [0.25, 0.3) is 0 Å². The van der Waals surface area contributed by atoms with Gasteiger partial charge in [0.2, 0.25) is 0 Å². The number of H-pyrrole nitrogens is 1. The van der Waals surface area contributed by atoms with Crippen molar-refractivity contribution in [3.05, 3.63) is 111 Å². The monoisotopic (exact) mass is 508 g/mol. The number of nitrogens with zero attached hydrogens (tertiary/aromatic N) is 3. The molecule has 8 nitrogen and oxygen atoms in total. The summed E-state index contributed by atoms with van der Waals surface area (Å²) in [7, 11) is 0. The number of rotatable bonds is 7. The highest BCUT2D eigenvalue weighted by Gasteiger charge is 2.25. The minimum absolute atomic E-state index is 0.149. The maximum Gasteiger partial charge on any atom is 0.258 e. The SMILES string of the molecule is O=C(Nc1c[nH]c(=O)c(C2Cc3cc(CN4CCCCC4)ccc3N2)c1)c1cnn(Cc2ccccc2)c1. The van der Waals surface area contributed by atoms with E-state index >= 15 is 0 Å². The van der Waals surface area contributed by atoms with E-state index in [-0.39, 0.29) is 17.5 Å². The Bertz CT molecular complexity index is 1490. The zero-order valence-corrected chi connectivity index (χ0v) is 21.3. The van der Waals surface area contributed by atoms with Crippen LogP contribution in [0.15, 0.2) is 78.0 Å². The number of hydrogen-bond donors (Lipinski definition) is 3. The molecule has 3 N–H and O–H groups in total. The normalized spacial score (nSPS) is 17.1. The zero-order chi connectivity index (χ0) is 25.9. The highest BCUT2D eigenvalue weighted by atomic mass is 16.1. The average molecular weight is 509 g/mol. The number of carbonyl (C=O) groups is 1. The first-order chi connectivity index (χ1) is 18.6. The molecule has 2 aliphatic rings. The number of likely N-dealkylation sites (tertiary alicyclic amines) is 1. The third-order valence-electron chi connectivity index (χ3n) is 7.43. The Hall–Kier alpha value is -4.17. The number of pyridine rings is 1. The van der Waals surface area contributed by atoms with Crippen molar-refractivity contribution in [1.82, 2.24) is 19.7 Å². The molecular weight excluding hydrogens is 476 g/mol. The van der Waals surface area contributed by atoms with Crippen LogP contribution in [0, 0.1) is 0 Å². The van der Waals surface area contributed by atoms with Gasteiger partial charge in [0.25, 0.3) is 11.5 Å². The first-order valence-corrected chi connectivity index (χ1v) is 13.3. The second-order valence-electron chi connectivity index (χ2n) is 10.3. The molecule has 2 aromatic heterocycles. The molecule has 4 heterocycles. The molecule has 2 aliphatic heterocycles. The van der Waals surface area contributed by atoms with Crippen LogP contribution in [-0.2, 0) is 19.5 Å². The van der Waals surface area contributed by atoms with Crippen molar-refractivity contribution in [3.63, 3.8) is 0 Å². The summed E-state index contributed by atoms with van der Waals surface area (Å²) in [6.45, 7) is 3.89. The van der Waals surface area contributed by atoms with Crippen LogP contribution in [-0.4, -0.2) is 38.7 Å². The molecule has 1 atom stereocenters. The van der Waals surface area contributed by atoms with Gasteiger partial charge in [0.1, 0.15) is 0 Å². The Labute approximate surface area is 221 Å². The number of hydrogen-bond acceptors (Lipinski definition) is 5. The smallest absolute Gasteiger partial charge is 0.258 e. The summed E-state index contributed by atoms with van der Waals surface area (Å²) in [5.41, 5.74) is 6.17. The molecule has 1 fully saturated rings. The van der Waals surface area contributed by atoms with Gasteiger partial charge in [-0.15, -0.1) is 0 Å². The van der Waals surface area contributed by atoms with Crippen LogP contribution in [0.1, 0.15) is 57.9 Å². The first-order valence-electron chi connectivity index (χ1n) is 13.3. The van der Waals surface area contributed by atoms with Gasteiger partial charge in [-0.05, 0) is 61.2 Å². The Morgan fingerprint density at radius 2 is 1.84 bits per heavy atom. The predicted molar refractivity (Wildman–Crippen MR) is 148 cm³/mol. The number of anilines is 2. The summed E-state index contributed by atoms with van der Waals surface area (Å²) in [5, 5.41) is 10.7. The molecular formula is C30H32N6O2. The lowest BCUT2D eigenvalue weighted by atomic mass is 10.0. The number of nitrogens with one attached hydrogen (secondary N) is 3. The highest BCUT2D eigenvalue weighted by Crippen LogP contribution is 2.34. The van der Waals surface area contributed by atoms with Gasteiger partial charge in [-0.25, -0.2) is 0 Å². The fourth-order valence-electron chi connectivity index (χ4n) is 5.45. The lowest BCUT2D eigenvalue weighted by Crippen LogP contribution is -2.29. The number of carbonyl (C=O) groups excluding carboxylic acids is 1. The van der Waals surface area contributed by atoms with Gasteiger partial charge in [0, 0.05) is 30.2 Å². The van der Waals surface area contributed by atoms with Crippen molar-refractivity contribution in [3.8, 4) is 0 Å². The highest BCUT2D eigenvalue weighted by molar-refractivity contribution is 6.03. The maximum atomic E-state index is 12.9. The van der Waals surface area contributed by atoms with Crippen molar-refractivity contribution in [2.75, 3.05) is 23.7 Å². The summed E-state index contributed by atoms with van der Waals surface area (Å²) >= 11 is 0. The molecule has 1 saturated heterocycles. The molecule has 1 unspecified atom stereocenters. The fourth-order valence-corrected chi connectivity index (χ4v) is 5.45. The van der Waals surface area contributed by atoms with E-state index in [2.05, 4.69) is 43.8 Å². The Kier molecular flexibility index (Phi) is 6.79. The van der Waals surface area contributed by atoms with Crippen LogP contribution in [0.2, 0.25) is 0 Å². The summed E-state index contributed by atoms with van der Waals surface area (Å²) in [5.74, 6) is -0.271. The van der Waals surface area contributed by atoms with Crippen molar-refractivity contribution in [2.45, 2.75) is 44.8 Å². The van der Waals surface area contributed by atoms with Crippen molar-refractivity contribution in [2.24, 2.45) is 0 Å². The second-order valence-corrected chi connectivity index (χ2v) is 10.3. The number of benzene rings is 2. The second kappa shape index (κ2) is 10.7. The number of piperidine rings is 1. The molecule has 0 saturated carbocycles. The maximum absolute atomic E-state index is 12.9. The molecule has 0 radical (unpaired) electrons. The van der Waals surface area contributed by atoms with E-state index in [9.17, 15) is 9.59 Å². The Morgan fingerprint density at radius 3 is 2.68 bits per heavy atom. The number of fused-ring (bicyclic) bond motifs is 1. The lowest BCUT2D eigenvalue weighted by Gasteiger charge is -2.26. The van der Waals surface area contributed by atoms with Crippen LogP contribution in [0.3, 0.4) is 0 Å². The van der Waals surface area contributed by atoms with E-state index < -0.39 is 0 Å². The van der Waals surface area contributed by atoms with Gasteiger partial charge in [-0.1, -0.05) is 48.9 Å². The first kappa shape index (κ1) is 24.2. The van der Waals surface area contributed by atoms with Gasteiger partial charge in [0.15, 0.2) is 0 Å². The van der Waals surface area contributed by atoms with E-state index in [1.807, 2.05) is 30.3 Å². The van der Waals surface area contributed by atoms with Crippen molar-refractivity contribution < 1.29 is 4.79 Å². The molecule has 8 heteroatoms. The minimum atomic E-state index is -0.271. The summed E-state index contributed by atoms with van der Waals surface area (Å²) < 4.78 is 1.74. The molecule has 4 aromatic rings. The lowest BCUT2D eigenvalue weighted by molar-refractivity contribution is 0.102. The van der Waals surface area contributed by atoms with Crippen LogP contribution < -0.4 is 16.2 Å². The zero-order valence-electron chi connectivity index (χ0n) is 21.3. The number of aromatic nitrogens is 3. The molecule has 0 bridgehead atoms. The van der Waals surface area contributed by atoms with E-state index in [0.29, 0.717) is 23.4 Å². The third-order valence-corrected chi connectivity index (χ3v) is 7.43. The summed E-state index contributed by atoms with van der Waals surface area (Å²) in [6.07, 6.45) is 9.44. The Balaban J connectivity index is 1.12. The molecule has 2 aromatic carbocycles. The standard InChI is InChI=1S/C30H32N6O2/c37-29(24-16-32-36(20-24)19-21-7-3-1-4-8-21)33-25-15-26(30(38)31-17-25)28-14-23-13-22(9-10-27(23)34-28)18-35-11-5-2-6-12-35/h1,3-4,7-10,13,15-17,20,28,34H,2,5-6,11-12,14,18-19H2,(H,31,38)(H,33,37). The topological polar surface area (TPSA) is 95.1 Å². The summed E-state index contributed by atoms with van der Waals surface area (Å²) in [4.78, 5) is 31.0. The van der Waals surface area contributed by atoms with Gasteiger partial charge in [-0.3, -0.25) is 19.2 Å². The molecule has 0 spiro atoms. The van der Waals surface area contributed by atoms with E-state index in [1.165, 1.54) is 49.7 Å². The quantitative estimate of drug-likeness (QED) is 0.340. The van der Waals surface area contributed by atoms with Crippen LogP contribution >= 0.6 is 0 Å². The van der Waals surface area contributed by atoms with Gasteiger partial charge in [-0.2, -0.15) is 5.10 Å². The molecule has 6 rings (SSSR count). The van der Waals surface area contributed by atoms with Crippen molar-refractivity contribution in [1.29, 1.82) is 0 Å². The molecule has 194 valence electrons. The minimum Gasteiger partial charge on any atom is -0.377 e. The third kappa shape index (κ3) is 5.40. The Morgan fingerprint density at radius 1 is 1.00 bits per heavy atom. The van der Waals surface area contributed by atoms with Gasteiger partial charge < -0.3 is 15.6 Å². The van der Waals surface area contributed by atoms with E-state index in [0.717, 1.165) is 24.2 Å². The number of aromatic amines is 1. The van der Waals surface area contributed by atoms with Gasteiger partial charge in [0.05, 0.1) is 30.0 Å². The number of amides is 1. The van der Waals surface area contributed by atoms with Crippen LogP contribution in [0.5, 0.6) is 0 Å². The summed E-state index contributed by atoms with van der Waals surface area (Å²) in [6, 6.07) is 18.2. The largest absolute Gasteiger partial charge is 0.377 e. The predicted octanol–water partition coefficient (Wildman–Crippen LogP) is 4.57. The molecule has 1 amide bonds. The fraction of sp³-hybridized carbons (Fsp3) is 0.300.